The van der Waals surface area contributed by atoms with Crippen molar-refractivity contribution in [3.05, 3.63) is 16.7 Å². The third-order valence-electron chi connectivity index (χ3n) is 4.19. The molecule has 19 heavy (non-hydrogen) atoms. The molecule has 0 radical (unpaired) electrons. The van der Waals surface area contributed by atoms with Gasteiger partial charge in [-0.05, 0) is 25.8 Å². The van der Waals surface area contributed by atoms with Crippen LogP contribution in [0.1, 0.15) is 25.7 Å². The average Bonchev–Trinajstić information content (AvgIpc) is 2.83. The Hall–Kier alpha value is -1.56. The van der Waals surface area contributed by atoms with Crippen molar-refractivity contribution in [3.8, 4) is 5.75 Å². The number of nitrogens with one attached hydrogen (secondary N) is 2. The molecule has 2 atom stereocenters. The first-order chi connectivity index (χ1) is 9.29. The number of aromatic nitrogens is 2. The Bertz CT molecular complexity index is 502. The van der Waals surface area contributed by atoms with Crippen molar-refractivity contribution in [2.45, 2.75) is 37.8 Å². The van der Waals surface area contributed by atoms with Gasteiger partial charge in [0.2, 0.25) is 5.75 Å². The van der Waals surface area contributed by atoms with E-state index in [1.165, 1.54) is 39.2 Å². The fourth-order valence-corrected chi connectivity index (χ4v) is 3.27. The molecular weight excluding hydrogens is 244 g/mol. The molecule has 6 heteroatoms. The fourth-order valence-electron chi connectivity index (χ4n) is 3.27. The molecule has 2 unspecified atom stereocenters. The molecule has 0 spiro atoms. The summed E-state index contributed by atoms with van der Waals surface area (Å²) in [6, 6.07) is 0.933. The van der Waals surface area contributed by atoms with Crippen LogP contribution in [-0.4, -0.2) is 47.2 Å². The number of fused-ring (bicyclic) bond motifs is 1. The highest BCUT2D eigenvalue weighted by Gasteiger charge is 2.36. The molecule has 2 aliphatic heterocycles. The van der Waals surface area contributed by atoms with Crippen molar-refractivity contribution in [2.24, 2.45) is 0 Å². The zero-order valence-electron chi connectivity index (χ0n) is 11.2. The molecule has 0 bridgehead atoms. The Morgan fingerprint density at radius 2 is 2.32 bits per heavy atom. The number of hydrogen-bond acceptors (Lipinski definition) is 5. The summed E-state index contributed by atoms with van der Waals surface area (Å²) in [6.45, 7) is 2.33. The zero-order valence-corrected chi connectivity index (χ0v) is 11.2. The van der Waals surface area contributed by atoms with Gasteiger partial charge in [-0.1, -0.05) is 6.42 Å². The van der Waals surface area contributed by atoms with Crippen molar-refractivity contribution >= 4 is 5.82 Å². The molecule has 1 aromatic rings. The maximum absolute atomic E-state index is 11.7. The van der Waals surface area contributed by atoms with Crippen LogP contribution in [0.25, 0.3) is 0 Å². The van der Waals surface area contributed by atoms with Crippen molar-refractivity contribution < 1.29 is 4.74 Å². The number of anilines is 1. The highest BCUT2D eigenvalue weighted by atomic mass is 16.5. The summed E-state index contributed by atoms with van der Waals surface area (Å²) in [5, 5.41) is 3.40. The lowest BCUT2D eigenvalue weighted by Crippen LogP contribution is -2.42. The number of piperidine rings is 1. The van der Waals surface area contributed by atoms with Crippen molar-refractivity contribution in [1.82, 2.24) is 14.9 Å². The maximum atomic E-state index is 11.7. The minimum atomic E-state index is -0.238. The molecule has 0 amide bonds. The van der Waals surface area contributed by atoms with Gasteiger partial charge < -0.3 is 15.0 Å². The summed E-state index contributed by atoms with van der Waals surface area (Å²) in [6.07, 6.45) is 6.33. The maximum Gasteiger partial charge on any atom is 0.295 e. The predicted molar refractivity (Wildman–Crippen MR) is 72.6 cm³/mol. The Kier molecular flexibility index (Phi) is 3.42. The van der Waals surface area contributed by atoms with Crippen molar-refractivity contribution in [3.63, 3.8) is 0 Å². The van der Waals surface area contributed by atoms with Crippen LogP contribution in [0, 0.1) is 0 Å². The van der Waals surface area contributed by atoms with Gasteiger partial charge in [-0.3, -0.25) is 9.69 Å². The molecule has 2 N–H and O–H groups in total. The van der Waals surface area contributed by atoms with E-state index in [0.29, 0.717) is 17.9 Å². The van der Waals surface area contributed by atoms with Gasteiger partial charge >= 0.3 is 0 Å². The molecule has 104 valence electrons. The van der Waals surface area contributed by atoms with E-state index in [4.69, 9.17) is 4.74 Å². The van der Waals surface area contributed by atoms with Crippen LogP contribution >= 0.6 is 0 Å². The van der Waals surface area contributed by atoms with Crippen LogP contribution in [0.5, 0.6) is 5.75 Å². The second kappa shape index (κ2) is 5.21. The van der Waals surface area contributed by atoms with E-state index in [2.05, 4.69) is 20.2 Å². The third kappa shape index (κ3) is 2.32. The molecule has 0 aliphatic carbocycles. The number of H-pyrrole nitrogens is 1. The highest BCUT2D eigenvalue weighted by Crippen LogP contribution is 2.30. The van der Waals surface area contributed by atoms with Crippen molar-refractivity contribution in [2.75, 3.05) is 25.5 Å². The van der Waals surface area contributed by atoms with Gasteiger partial charge in [-0.25, -0.2) is 4.98 Å². The summed E-state index contributed by atoms with van der Waals surface area (Å²) in [7, 11) is 1.50. The average molecular weight is 264 g/mol. The lowest BCUT2D eigenvalue weighted by molar-refractivity contribution is 0.192. The van der Waals surface area contributed by atoms with Gasteiger partial charge in [0, 0.05) is 18.6 Å². The fraction of sp³-hybridized carbons (Fsp3) is 0.692. The Morgan fingerprint density at radius 3 is 3.16 bits per heavy atom. The van der Waals surface area contributed by atoms with Gasteiger partial charge in [0.15, 0.2) is 5.82 Å². The standard InChI is InChI=1S/C13H20N4O2/c1-19-11-12(14-8-15-13(11)18)16-9-5-7-17-6-3-2-4-10(9)17/h8-10H,2-7H2,1H3,(H2,14,15,16,18). The lowest BCUT2D eigenvalue weighted by atomic mass is 9.99. The predicted octanol–water partition coefficient (Wildman–Crippen LogP) is 0.817. The molecule has 1 aromatic heterocycles. The second-order valence-electron chi connectivity index (χ2n) is 5.25. The molecule has 3 rings (SSSR count). The number of methoxy groups -OCH3 is 1. The summed E-state index contributed by atoms with van der Waals surface area (Å²) in [4.78, 5) is 20.9. The van der Waals surface area contributed by atoms with Gasteiger partial charge in [0.1, 0.15) is 0 Å². The first kappa shape index (κ1) is 12.5. The Morgan fingerprint density at radius 1 is 1.42 bits per heavy atom. The highest BCUT2D eigenvalue weighted by molar-refractivity contribution is 5.49. The normalized spacial score (nSPS) is 27.0. The molecular formula is C13H20N4O2. The molecule has 3 heterocycles. The third-order valence-corrected chi connectivity index (χ3v) is 4.19. The first-order valence-electron chi connectivity index (χ1n) is 6.92. The summed E-state index contributed by atoms with van der Waals surface area (Å²) < 4.78 is 5.14. The quantitative estimate of drug-likeness (QED) is 0.845. The first-order valence-corrected chi connectivity index (χ1v) is 6.92. The zero-order chi connectivity index (χ0) is 13.2. The van der Waals surface area contributed by atoms with E-state index in [9.17, 15) is 4.79 Å². The lowest BCUT2D eigenvalue weighted by Gasteiger charge is -2.32. The Labute approximate surface area is 112 Å². The van der Waals surface area contributed by atoms with E-state index in [1.54, 1.807) is 0 Å². The molecule has 0 saturated carbocycles. The van der Waals surface area contributed by atoms with Crippen molar-refractivity contribution in [1.29, 1.82) is 0 Å². The molecule has 0 aromatic carbocycles. The van der Waals surface area contributed by atoms with E-state index in [1.807, 2.05) is 0 Å². The number of aromatic amines is 1. The largest absolute Gasteiger partial charge is 0.489 e. The minimum absolute atomic E-state index is 0.238. The van der Waals surface area contributed by atoms with E-state index in [-0.39, 0.29) is 11.3 Å². The summed E-state index contributed by atoms with van der Waals surface area (Å²) in [5.74, 6) is 0.834. The van der Waals surface area contributed by atoms with Crippen LogP contribution in [0.3, 0.4) is 0 Å². The Balaban J connectivity index is 1.78. The number of nitrogens with zero attached hydrogens (tertiary/aromatic N) is 2. The van der Waals surface area contributed by atoms with Gasteiger partial charge in [-0.2, -0.15) is 0 Å². The molecule has 2 fully saturated rings. The number of hydrogen-bond donors (Lipinski definition) is 2. The van der Waals surface area contributed by atoms with Crippen LogP contribution in [0.2, 0.25) is 0 Å². The van der Waals surface area contributed by atoms with E-state index >= 15 is 0 Å². The van der Waals surface area contributed by atoms with Crippen LogP contribution in [0.4, 0.5) is 5.82 Å². The SMILES string of the molecule is COc1c(NC2CCN3CCCCC23)nc[nH]c1=O. The van der Waals surface area contributed by atoms with Gasteiger partial charge in [-0.15, -0.1) is 0 Å². The van der Waals surface area contributed by atoms with Gasteiger partial charge in [0.05, 0.1) is 13.4 Å². The minimum Gasteiger partial charge on any atom is -0.489 e. The molecule has 6 nitrogen and oxygen atoms in total. The number of ether oxygens (including phenoxy) is 1. The van der Waals surface area contributed by atoms with Crippen LogP contribution in [-0.2, 0) is 0 Å². The topological polar surface area (TPSA) is 70.2 Å². The van der Waals surface area contributed by atoms with Crippen LogP contribution < -0.4 is 15.6 Å². The number of rotatable bonds is 3. The molecule has 2 aliphatic rings. The van der Waals surface area contributed by atoms with Gasteiger partial charge in [0.25, 0.3) is 5.56 Å². The van der Waals surface area contributed by atoms with E-state index in [0.717, 1.165) is 13.0 Å². The monoisotopic (exact) mass is 264 g/mol. The molecule has 2 saturated heterocycles. The smallest absolute Gasteiger partial charge is 0.295 e. The summed E-state index contributed by atoms with van der Waals surface area (Å²) >= 11 is 0. The van der Waals surface area contributed by atoms with Crippen LogP contribution in [0.15, 0.2) is 11.1 Å². The second-order valence-corrected chi connectivity index (χ2v) is 5.25. The van der Waals surface area contributed by atoms with E-state index < -0.39 is 0 Å². The summed E-state index contributed by atoms with van der Waals surface area (Å²) in [5.41, 5.74) is -0.238.